The highest BCUT2D eigenvalue weighted by Gasteiger charge is 2.13. The van der Waals surface area contributed by atoms with Gasteiger partial charge in [0.15, 0.2) is 0 Å². The minimum absolute atomic E-state index is 0.199. The quantitative estimate of drug-likeness (QED) is 0.571. The highest BCUT2D eigenvalue weighted by atomic mass is 16.5. The van der Waals surface area contributed by atoms with Gasteiger partial charge >= 0.3 is 0 Å². The van der Waals surface area contributed by atoms with Crippen molar-refractivity contribution in [1.82, 2.24) is 5.48 Å². The summed E-state index contributed by atoms with van der Waals surface area (Å²) in [5.74, 6) is 1.15. The molecule has 2 atom stereocenters. The fraction of sp³-hybridized carbons (Fsp3) is 1.00. The van der Waals surface area contributed by atoms with Gasteiger partial charge in [-0.1, -0.05) is 20.8 Å². The van der Waals surface area contributed by atoms with Crippen molar-refractivity contribution >= 4 is 0 Å². The molecule has 0 aliphatic rings. The van der Waals surface area contributed by atoms with Crippen LogP contribution >= 0.6 is 0 Å². The summed E-state index contributed by atoms with van der Waals surface area (Å²) in [6.07, 6.45) is 0. The SMILES string of the molecule is CC(C)C(C)C(C)NO. The maximum atomic E-state index is 8.50. The van der Waals surface area contributed by atoms with Crippen molar-refractivity contribution in [3.63, 3.8) is 0 Å². The number of nitrogens with one attached hydrogen (secondary N) is 1. The van der Waals surface area contributed by atoms with Crippen molar-refractivity contribution in [2.45, 2.75) is 33.7 Å². The van der Waals surface area contributed by atoms with Crippen molar-refractivity contribution < 1.29 is 5.21 Å². The molecule has 0 heterocycles. The average molecular weight is 131 g/mol. The van der Waals surface area contributed by atoms with Crippen LogP contribution in [0.3, 0.4) is 0 Å². The first-order valence-electron chi connectivity index (χ1n) is 3.49. The molecule has 2 unspecified atom stereocenters. The summed E-state index contributed by atoms with van der Waals surface area (Å²) in [4.78, 5) is 0. The van der Waals surface area contributed by atoms with Gasteiger partial charge in [-0.25, -0.2) is 5.48 Å². The molecule has 0 spiro atoms. The lowest BCUT2D eigenvalue weighted by Crippen LogP contribution is -2.31. The Hall–Kier alpha value is -0.0800. The van der Waals surface area contributed by atoms with E-state index in [9.17, 15) is 0 Å². The molecule has 0 rings (SSSR count). The fourth-order valence-electron chi connectivity index (χ4n) is 0.695. The van der Waals surface area contributed by atoms with Crippen LogP contribution in [0, 0.1) is 11.8 Å². The summed E-state index contributed by atoms with van der Waals surface area (Å²) in [6.45, 7) is 8.40. The summed E-state index contributed by atoms with van der Waals surface area (Å²) in [6, 6.07) is 0.199. The third-order valence-corrected chi connectivity index (χ3v) is 2.04. The summed E-state index contributed by atoms with van der Waals surface area (Å²) >= 11 is 0. The van der Waals surface area contributed by atoms with Gasteiger partial charge in [-0.15, -0.1) is 0 Å². The van der Waals surface area contributed by atoms with E-state index in [4.69, 9.17) is 5.21 Å². The lowest BCUT2D eigenvalue weighted by atomic mass is 9.92. The van der Waals surface area contributed by atoms with Crippen LogP contribution < -0.4 is 5.48 Å². The fourth-order valence-corrected chi connectivity index (χ4v) is 0.695. The van der Waals surface area contributed by atoms with Gasteiger partial charge in [0.05, 0.1) is 0 Å². The van der Waals surface area contributed by atoms with E-state index in [-0.39, 0.29) is 6.04 Å². The molecule has 0 saturated heterocycles. The van der Waals surface area contributed by atoms with Crippen LogP contribution in [0.15, 0.2) is 0 Å². The van der Waals surface area contributed by atoms with Crippen molar-refractivity contribution in [3.8, 4) is 0 Å². The lowest BCUT2D eigenvalue weighted by Gasteiger charge is -2.21. The zero-order valence-electron chi connectivity index (χ0n) is 6.68. The molecule has 2 heteroatoms. The Bertz CT molecular complexity index is 73.3. The van der Waals surface area contributed by atoms with E-state index in [1.54, 1.807) is 0 Å². The highest BCUT2D eigenvalue weighted by Crippen LogP contribution is 2.12. The van der Waals surface area contributed by atoms with E-state index in [0.717, 1.165) is 0 Å². The predicted molar refractivity (Wildman–Crippen MR) is 38.4 cm³/mol. The molecular formula is C7H17NO. The van der Waals surface area contributed by atoms with E-state index in [2.05, 4.69) is 26.3 Å². The minimum atomic E-state index is 0.199. The standard InChI is InChI=1S/C7H17NO/c1-5(2)6(3)7(4)8-9/h5-9H,1-4H3. The predicted octanol–water partition coefficient (Wildman–Crippen LogP) is 1.65. The third kappa shape index (κ3) is 2.82. The zero-order valence-corrected chi connectivity index (χ0v) is 6.68. The second kappa shape index (κ2) is 3.85. The Morgan fingerprint density at radius 1 is 1.11 bits per heavy atom. The molecule has 0 fully saturated rings. The van der Waals surface area contributed by atoms with Crippen LogP contribution in [0.25, 0.3) is 0 Å². The molecule has 0 aliphatic heterocycles. The maximum absolute atomic E-state index is 8.50. The van der Waals surface area contributed by atoms with Crippen molar-refractivity contribution in [1.29, 1.82) is 0 Å². The third-order valence-electron chi connectivity index (χ3n) is 2.04. The molecule has 2 nitrogen and oxygen atoms in total. The summed E-state index contributed by atoms with van der Waals surface area (Å²) in [5.41, 5.74) is 2.25. The molecule has 2 N–H and O–H groups in total. The number of hydrogen-bond acceptors (Lipinski definition) is 2. The molecule has 56 valence electrons. The van der Waals surface area contributed by atoms with Crippen LogP contribution in [-0.2, 0) is 0 Å². The Labute approximate surface area is 57.2 Å². The first-order valence-corrected chi connectivity index (χ1v) is 3.49. The van der Waals surface area contributed by atoms with E-state index >= 15 is 0 Å². The van der Waals surface area contributed by atoms with Crippen molar-refractivity contribution in [3.05, 3.63) is 0 Å². The zero-order chi connectivity index (χ0) is 7.44. The molecule has 0 bridgehead atoms. The van der Waals surface area contributed by atoms with E-state index in [0.29, 0.717) is 11.8 Å². The molecular weight excluding hydrogens is 114 g/mol. The second-order valence-electron chi connectivity index (χ2n) is 3.02. The van der Waals surface area contributed by atoms with Crippen molar-refractivity contribution in [2.24, 2.45) is 11.8 Å². The number of rotatable bonds is 3. The first kappa shape index (κ1) is 8.92. The van der Waals surface area contributed by atoms with Gasteiger partial charge in [0.25, 0.3) is 0 Å². The summed E-state index contributed by atoms with van der Waals surface area (Å²) in [5, 5.41) is 8.50. The molecule has 0 aliphatic carbocycles. The Morgan fingerprint density at radius 3 is 1.67 bits per heavy atom. The molecule has 0 aromatic heterocycles. The Kier molecular flexibility index (Phi) is 3.82. The molecule has 0 saturated carbocycles. The smallest absolute Gasteiger partial charge is 0.0319 e. The van der Waals surface area contributed by atoms with E-state index < -0.39 is 0 Å². The van der Waals surface area contributed by atoms with Gasteiger partial charge < -0.3 is 5.21 Å². The number of hydroxylamine groups is 1. The topological polar surface area (TPSA) is 32.3 Å². The summed E-state index contributed by atoms with van der Waals surface area (Å²) in [7, 11) is 0. The van der Waals surface area contributed by atoms with Gasteiger partial charge in [0.1, 0.15) is 0 Å². The van der Waals surface area contributed by atoms with Crippen LogP contribution in [0.1, 0.15) is 27.7 Å². The van der Waals surface area contributed by atoms with Gasteiger partial charge in [0, 0.05) is 6.04 Å². The summed E-state index contributed by atoms with van der Waals surface area (Å²) < 4.78 is 0. The largest absolute Gasteiger partial charge is 0.317 e. The van der Waals surface area contributed by atoms with Crippen LogP contribution in [0.2, 0.25) is 0 Å². The minimum Gasteiger partial charge on any atom is -0.317 e. The monoisotopic (exact) mass is 131 g/mol. The van der Waals surface area contributed by atoms with Gasteiger partial charge in [-0.2, -0.15) is 0 Å². The molecule has 0 aromatic rings. The van der Waals surface area contributed by atoms with Crippen molar-refractivity contribution in [2.75, 3.05) is 0 Å². The lowest BCUT2D eigenvalue weighted by molar-refractivity contribution is 0.0969. The van der Waals surface area contributed by atoms with Gasteiger partial charge in [0.2, 0.25) is 0 Å². The van der Waals surface area contributed by atoms with Gasteiger partial charge in [-0.05, 0) is 18.8 Å². The second-order valence-corrected chi connectivity index (χ2v) is 3.02. The molecule has 0 radical (unpaired) electrons. The van der Waals surface area contributed by atoms with Gasteiger partial charge in [-0.3, -0.25) is 0 Å². The van der Waals surface area contributed by atoms with Crippen LogP contribution in [-0.4, -0.2) is 11.2 Å². The van der Waals surface area contributed by atoms with E-state index in [1.807, 2.05) is 6.92 Å². The number of hydrogen-bond donors (Lipinski definition) is 2. The van der Waals surface area contributed by atoms with E-state index in [1.165, 1.54) is 0 Å². The molecule has 9 heavy (non-hydrogen) atoms. The Morgan fingerprint density at radius 2 is 1.56 bits per heavy atom. The average Bonchev–Trinajstić information content (AvgIpc) is 1.84. The maximum Gasteiger partial charge on any atom is 0.0319 e. The van der Waals surface area contributed by atoms with Crippen LogP contribution in [0.5, 0.6) is 0 Å². The molecule has 0 amide bonds. The normalized spacial score (nSPS) is 18.0. The van der Waals surface area contributed by atoms with Crippen LogP contribution in [0.4, 0.5) is 0 Å². The highest BCUT2D eigenvalue weighted by molar-refractivity contribution is 4.66. The molecule has 0 aromatic carbocycles. The first-order chi connectivity index (χ1) is 4.09. The Balaban J connectivity index is 3.58.